The Morgan fingerprint density at radius 3 is 1.80 bits per heavy atom. The number of nitrogens with one attached hydrogen (secondary N) is 1. The molecular weight excluding hydrogens is 609 g/mol. The molecule has 4 aromatic carbocycles. The van der Waals surface area contributed by atoms with E-state index in [0.29, 0.717) is 9.79 Å². The minimum absolute atomic E-state index is 0.00926. The van der Waals surface area contributed by atoms with Crippen molar-refractivity contribution in [1.29, 1.82) is 0 Å². The molecule has 2 heterocycles. The van der Waals surface area contributed by atoms with E-state index in [0.717, 1.165) is 4.90 Å². The number of hydrogen-bond donors (Lipinski definition) is 2. The van der Waals surface area contributed by atoms with Crippen molar-refractivity contribution in [2.75, 3.05) is 13.2 Å². The highest BCUT2D eigenvalue weighted by molar-refractivity contribution is 8.00. The van der Waals surface area contributed by atoms with Crippen LogP contribution in [0.25, 0.3) is 0 Å². The number of benzene rings is 4. The fraction of sp³-hybridized carbons (Fsp3) is 0.0741. The van der Waals surface area contributed by atoms with Gasteiger partial charge < -0.3 is 10.2 Å². The van der Waals surface area contributed by atoms with Gasteiger partial charge in [-0.2, -0.15) is 12.8 Å². The summed E-state index contributed by atoms with van der Waals surface area (Å²) in [6, 6.07) is 26.2. The lowest BCUT2D eigenvalue weighted by molar-refractivity contribution is -0.212. The number of hydrogen-bond acceptors (Lipinski definition) is 8. The summed E-state index contributed by atoms with van der Waals surface area (Å²) in [5.41, 5.74) is 0.164. The fourth-order valence-electron chi connectivity index (χ4n) is 4.27. The van der Waals surface area contributed by atoms with E-state index >= 15 is 0 Å². The van der Waals surface area contributed by atoms with E-state index in [4.69, 9.17) is 5.11 Å². The molecule has 41 heavy (non-hydrogen) atoms. The SMILES string of the molecule is O=S(=O)(NCCO)c1ccc([S+]2c3ccccc3S(=O)(=O)c3ccccc32)cc1.O=S1(=O)N=C([O-])c2ccccc21. The number of aliphatic hydroxyl groups is 1. The molecule has 2 aliphatic rings. The first-order valence-electron chi connectivity index (χ1n) is 12.0. The molecule has 0 atom stereocenters. The Bertz CT molecular complexity index is 1940. The van der Waals surface area contributed by atoms with Crippen molar-refractivity contribution in [3.63, 3.8) is 0 Å². The lowest BCUT2D eigenvalue weighted by Gasteiger charge is -2.19. The summed E-state index contributed by atoms with van der Waals surface area (Å²) in [6.45, 7) is -0.351. The van der Waals surface area contributed by atoms with Crippen LogP contribution in [0.4, 0.5) is 0 Å². The van der Waals surface area contributed by atoms with Crippen molar-refractivity contribution in [1.82, 2.24) is 4.72 Å². The van der Waals surface area contributed by atoms with Gasteiger partial charge in [0.15, 0.2) is 14.7 Å². The average molecular weight is 631 g/mol. The smallest absolute Gasteiger partial charge is 0.282 e. The maximum atomic E-state index is 13.1. The van der Waals surface area contributed by atoms with Gasteiger partial charge in [0.2, 0.25) is 19.9 Å². The lowest BCUT2D eigenvalue weighted by atomic mass is 10.2. The first-order valence-corrected chi connectivity index (χ1v) is 17.6. The van der Waals surface area contributed by atoms with Crippen molar-refractivity contribution in [3.05, 3.63) is 103 Å². The van der Waals surface area contributed by atoms with Gasteiger partial charge >= 0.3 is 0 Å². The Balaban J connectivity index is 0.000000234. The summed E-state index contributed by atoms with van der Waals surface area (Å²) in [5.74, 6) is -0.675. The summed E-state index contributed by atoms with van der Waals surface area (Å²) in [4.78, 5) is 2.87. The predicted molar refractivity (Wildman–Crippen MR) is 149 cm³/mol. The Morgan fingerprint density at radius 2 is 1.27 bits per heavy atom. The van der Waals surface area contributed by atoms with Gasteiger partial charge in [0.1, 0.15) is 20.7 Å². The Hall–Kier alpha value is -3.53. The number of sulfonamides is 2. The molecule has 0 aromatic heterocycles. The maximum absolute atomic E-state index is 13.1. The monoisotopic (exact) mass is 630 g/mol. The summed E-state index contributed by atoms with van der Waals surface area (Å²) >= 11 is 0. The molecule has 0 spiro atoms. The van der Waals surface area contributed by atoms with Crippen LogP contribution in [0.3, 0.4) is 0 Å². The van der Waals surface area contributed by atoms with Crippen LogP contribution < -0.4 is 9.83 Å². The zero-order chi connectivity index (χ0) is 29.4. The van der Waals surface area contributed by atoms with E-state index in [1.807, 2.05) is 0 Å². The molecule has 2 N–H and O–H groups in total. The van der Waals surface area contributed by atoms with Crippen LogP contribution in [0, 0.1) is 0 Å². The number of fused-ring (bicyclic) bond motifs is 3. The quantitative estimate of drug-likeness (QED) is 0.277. The van der Waals surface area contributed by atoms with Crippen molar-refractivity contribution >= 4 is 46.7 Å². The Morgan fingerprint density at radius 1 is 0.756 bits per heavy atom. The normalized spacial score (nSPS) is 16.4. The topological polar surface area (TPSA) is 170 Å². The van der Waals surface area contributed by atoms with Crippen LogP contribution in [-0.4, -0.2) is 49.4 Å². The van der Waals surface area contributed by atoms with Gasteiger partial charge in [-0.1, -0.05) is 42.5 Å². The molecule has 10 nitrogen and oxygen atoms in total. The summed E-state index contributed by atoms with van der Waals surface area (Å²) in [5, 5.41) is 19.8. The second-order valence-corrected chi connectivity index (χ2v) is 15.9. The van der Waals surface area contributed by atoms with Crippen LogP contribution in [0.1, 0.15) is 5.56 Å². The van der Waals surface area contributed by atoms with Gasteiger partial charge in [-0.3, -0.25) is 0 Å². The van der Waals surface area contributed by atoms with Gasteiger partial charge in [0.25, 0.3) is 10.0 Å². The summed E-state index contributed by atoms with van der Waals surface area (Å²) < 4.78 is 78.1. The van der Waals surface area contributed by atoms with Crippen molar-refractivity contribution in [2.24, 2.45) is 4.40 Å². The number of nitrogens with zero attached hydrogens (tertiary/aromatic N) is 1. The average Bonchev–Trinajstić information content (AvgIpc) is 3.21. The minimum Gasteiger partial charge on any atom is -0.858 e. The highest BCUT2D eigenvalue weighted by Gasteiger charge is 2.44. The molecule has 2 aliphatic heterocycles. The van der Waals surface area contributed by atoms with E-state index in [9.17, 15) is 30.4 Å². The van der Waals surface area contributed by atoms with Gasteiger partial charge in [-0.15, -0.1) is 0 Å². The second-order valence-electron chi connectivity index (χ2n) is 8.66. The fourth-order valence-corrected chi connectivity index (χ4v) is 11.1. The Labute approximate surface area is 240 Å². The van der Waals surface area contributed by atoms with Crippen molar-refractivity contribution in [3.8, 4) is 0 Å². The van der Waals surface area contributed by atoms with Crippen LogP contribution in [-0.2, 0) is 40.8 Å². The van der Waals surface area contributed by atoms with Crippen LogP contribution in [0.2, 0.25) is 0 Å². The molecular formula is C27H22N2O8S4. The largest absolute Gasteiger partial charge is 0.858 e. The van der Waals surface area contributed by atoms with Gasteiger partial charge in [0.05, 0.1) is 16.4 Å². The predicted octanol–water partition coefficient (Wildman–Crippen LogP) is 1.69. The molecule has 0 saturated carbocycles. The van der Waals surface area contributed by atoms with Crippen LogP contribution in [0.5, 0.6) is 0 Å². The molecule has 0 aliphatic carbocycles. The summed E-state index contributed by atoms with van der Waals surface area (Å²) in [6.07, 6.45) is 0. The number of rotatable bonds is 5. The molecule has 0 unspecified atom stereocenters. The van der Waals surface area contributed by atoms with Crippen LogP contribution >= 0.6 is 0 Å². The highest BCUT2D eigenvalue weighted by Crippen LogP contribution is 2.44. The van der Waals surface area contributed by atoms with Gasteiger partial charge in [0, 0.05) is 18.0 Å². The molecule has 0 amide bonds. The second kappa shape index (κ2) is 11.0. The number of aliphatic hydroxyl groups excluding tert-OH is 1. The van der Waals surface area contributed by atoms with Crippen LogP contribution in [0.15, 0.2) is 136 Å². The third-order valence-corrected chi connectivity index (χ3v) is 13.3. The van der Waals surface area contributed by atoms with E-state index in [-0.39, 0.29) is 38.3 Å². The van der Waals surface area contributed by atoms with Gasteiger partial charge in [-0.05, 0) is 54.6 Å². The first-order chi connectivity index (χ1) is 19.5. The molecule has 0 saturated heterocycles. The molecule has 6 rings (SSSR count). The molecule has 0 fully saturated rings. The third kappa shape index (κ3) is 5.41. The molecule has 4 aromatic rings. The first kappa shape index (κ1) is 29.0. The van der Waals surface area contributed by atoms with E-state index in [1.54, 1.807) is 72.8 Å². The lowest BCUT2D eigenvalue weighted by Crippen LogP contribution is -2.26. The Kier molecular flexibility index (Phi) is 7.80. The molecule has 0 radical (unpaired) electrons. The van der Waals surface area contributed by atoms with Crippen molar-refractivity contribution in [2.45, 2.75) is 34.3 Å². The molecule has 212 valence electrons. The zero-order valence-corrected chi connectivity index (χ0v) is 24.3. The van der Waals surface area contributed by atoms with E-state index in [1.165, 1.54) is 24.3 Å². The van der Waals surface area contributed by atoms with E-state index in [2.05, 4.69) is 9.12 Å². The zero-order valence-electron chi connectivity index (χ0n) is 21.0. The van der Waals surface area contributed by atoms with Crippen molar-refractivity contribution < 1.29 is 35.5 Å². The summed E-state index contributed by atoms with van der Waals surface area (Å²) in [7, 11) is -11.7. The third-order valence-electron chi connectivity index (χ3n) is 6.09. The molecule has 0 bridgehead atoms. The maximum Gasteiger partial charge on any atom is 0.282 e. The minimum atomic E-state index is -3.71. The highest BCUT2D eigenvalue weighted by atomic mass is 32.2. The van der Waals surface area contributed by atoms with Gasteiger partial charge in [-0.25, -0.2) is 21.6 Å². The standard InChI is InChI=1S/C20H18NO5S3.C7H5NO3S/c22-14-13-21-29(25,26)16-11-9-15(10-12-16)27-17-5-1-3-7-19(17)28(23,24)20-8-4-2-6-18(20)27;9-7-5-3-1-2-4-6(5)12(10,11)8-7/h1-12,21-22H,13-14H2;1-4H,(H,8,9)/q+1;/p-1. The van der Waals surface area contributed by atoms with E-state index < -0.39 is 46.7 Å². The number of sulfone groups is 1. The molecule has 14 heteroatoms.